The normalized spacial score (nSPS) is 15.1. The molecule has 3 aromatic rings. The van der Waals surface area contributed by atoms with E-state index in [2.05, 4.69) is 25.6 Å². The van der Waals surface area contributed by atoms with Gasteiger partial charge in [0.2, 0.25) is 0 Å². The summed E-state index contributed by atoms with van der Waals surface area (Å²) >= 11 is 6.34. The fraction of sp³-hybridized carbons (Fsp3) is 0.368. The minimum atomic E-state index is -0.672. The van der Waals surface area contributed by atoms with E-state index in [1.807, 2.05) is 0 Å². The van der Waals surface area contributed by atoms with E-state index in [4.69, 9.17) is 16.3 Å². The Morgan fingerprint density at radius 3 is 2.79 bits per heavy atom. The van der Waals surface area contributed by atoms with Crippen molar-refractivity contribution < 1.29 is 13.5 Å². The molecule has 1 aliphatic rings. The van der Waals surface area contributed by atoms with Crippen molar-refractivity contribution in [2.24, 2.45) is 5.92 Å². The van der Waals surface area contributed by atoms with E-state index in [9.17, 15) is 8.78 Å². The topological polar surface area (TPSA) is 74.9 Å². The Balaban J connectivity index is 1.68. The van der Waals surface area contributed by atoms with Crippen LogP contribution in [0.25, 0.3) is 22.6 Å². The van der Waals surface area contributed by atoms with E-state index < -0.39 is 11.6 Å². The Kier molecular flexibility index (Phi) is 5.32. The molecule has 1 fully saturated rings. The molecule has 0 aliphatic carbocycles. The zero-order valence-electron chi connectivity index (χ0n) is 15.3. The molecule has 0 atom stereocenters. The Labute approximate surface area is 165 Å². The molecule has 0 amide bonds. The number of pyridine rings is 1. The summed E-state index contributed by atoms with van der Waals surface area (Å²) in [5.74, 6) is -0.769. The first kappa shape index (κ1) is 18.9. The lowest BCUT2D eigenvalue weighted by atomic mass is 9.98. The van der Waals surface area contributed by atoms with Gasteiger partial charge in [0, 0.05) is 12.6 Å². The summed E-state index contributed by atoms with van der Waals surface area (Å²) in [7, 11) is 1.28. The lowest BCUT2D eigenvalue weighted by molar-refractivity contribution is 0.383. The fourth-order valence-corrected chi connectivity index (χ4v) is 3.64. The van der Waals surface area contributed by atoms with Crippen molar-refractivity contribution >= 4 is 28.5 Å². The molecule has 28 heavy (non-hydrogen) atoms. The second kappa shape index (κ2) is 7.89. The Bertz CT molecular complexity index is 1000. The van der Waals surface area contributed by atoms with Crippen LogP contribution in [0.3, 0.4) is 0 Å². The number of rotatable bonds is 5. The summed E-state index contributed by atoms with van der Waals surface area (Å²) in [5.41, 5.74) is 1.60. The van der Waals surface area contributed by atoms with Crippen LogP contribution in [0.2, 0.25) is 5.02 Å². The molecule has 0 unspecified atom stereocenters. The second-order valence-electron chi connectivity index (χ2n) is 6.81. The van der Waals surface area contributed by atoms with Gasteiger partial charge in [-0.3, -0.25) is 0 Å². The predicted octanol–water partition coefficient (Wildman–Crippen LogP) is 3.98. The highest BCUT2D eigenvalue weighted by Gasteiger charge is 2.19. The minimum Gasteiger partial charge on any atom is -0.494 e. The van der Waals surface area contributed by atoms with Crippen LogP contribution in [0.5, 0.6) is 5.75 Å². The molecule has 2 aromatic heterocycles. The van der Waals surface area contributed by atoms with Crippen molar-refractivity contribution in [1.29, 1.82) is 0 Å². The Morgan fingerprint density at radius 1 is 1.25 bits per heavy atom. The number of halogens is 3. The third kappa shape index (κ3) is 3.62. The van der Waals surface area contributed by atoms with Crippen LogP contribution in [-0.2, 0) is 0 Å². The first-order valence-corrected chi connectivity index (χ1v) is 9.47. The molecule has 0 saturated carbocycles. The highest BCUT2D eigenvalue weighted by molar-refractivity contribution is 6.34. The monoisotopic (exact) mass is 407 g/mol. The van der Waals surface area contributed by atoms with Crippen LogP contribution in [-0.4, -0.2) is 41.7 Å². The summed E-state index contributed by atoms with van der Waals surface area (Å²) in [5, 5.41) is 7.16. The molecular weight excluding hydrogens is 388 g/mol. The molecule has 3 N–H and O–H groups in total. The molecule has 3 heterocycles. The van der Waals surface area contributed by atoms with Crippen molar-refractivity contribution in [2.75, 3.05) is 32.1 Å². The maximum atomic E-state index is 14.4. The number of benzene rings is 1. The van der Waals surface area contributed by atoms with Gasteiger partial charge >= 0.3 is 0 Å². The molecule has 148 valence electrons. The van der Waals surface area contributed by atoms with Gasteiger partial charge in [0.25, 0.3) is 0 Å². The summed E-state index contributed by atoms with van der Waals surface area (Å²) in [6.45, 7) is 2.77. The van der Waals surface area contributed by atoms with Crippen molar-refractivity contribution in [1.82, 2.24) is 20.3 Å². The van der Waals surface area contributed by atoms with Gasteiger partial charge in [-0.1, -0.05) is 11.6 Å². The van der Waals surface area contributed by atoms with Crippen LogP contribution < -0.4 is 15.4 Å². The van der Waals surface area contributed by atoms with Crippen LogP contribution >= 0.6 is 11.6 Å². The number of fused-ring (bicyclic) bond motifs is 1. The van der Waals surface area contributed by atoms with E-state index in [-0.39, 0.29) is 17.1 Å². The zero-order valence-corrected chi connectivity index (χ0v) is 16.0. The molecule has 1 aromatic carbocycles. The number of ether oxygens (including phenoxy) is 1. The van der Waals surface area contributed by atoms with Gasteiger partial charge in [-0.2, -0.15) is 0 Å². The number of aromatic amines is 1. The maximum absolute atomic E-state index is 14.4. The standard InChI is InChI=1S/C19H20ClF2N5O/c1-28-15-7-13(21)11(6-14(15)22)18-26-17-16(12(20)9-25-19(17)27-18)24-8-10-2-4-23-5-3-10/h6-7,9-10,23H,2-5,8H2,1H3,(H2,24,25,26,27). The smallest absolute Gasteiger partial charge is 0.180 e. The quantitative estimate of drug-likeness (QED) is 0.596. The number of aromatic nitrogens is 3. The number of hydrogen-bond donors (Lipinski definition) is 3. The molecule has 0 bridgehead atoms. The average molecular weight is 408 g/mol. The average Bonchev–Trinajstić information content (AvgIpc) is 3.13. The number of nitrogens with one attached hydrogen (secondary N) is 3. The number of nitrogens with zero attached hydrogens (tertiary/aromatic N) is 2. The van der Waals surface area contributed by atoms with Gasteiger partial charge in [-0.15, -0.1) is 0 Å². The molecule has 0 radical (unpaired) electrons. The molecule has 9 heteroatoms. The van der Waals surface area contributed by atoms with Crippen molar-refractivity contribution in [2.45, 2.75) is 12.8 Å². The minimum absolute atomic E-state index is 0.00303. The first-order chi connectivity index (χ1) is 13.6. The maximum Gasteiger partial charge on any atom is 0.180 e. The van der Waals surface area contributed by atoms with E-state index >= 15 is 0 Å². The second-order valence-corrected chi connectivity index (χ2v) is 7.21. The Hall–Kier alpha value is -2.45. The van der Waals surface area contributed by atoms with Crippen LogP contribution in [0, 0.1) is 17.6 Å². The summed E-state index contributed by atoms with van der Waals surface area (Å²) in [6.07, 6.45) is 3.68. The number of imidazole rings is 1. The number of methoxy groups -OCH3 is 1. The van der Waals surface area contributed by atoms with Gasteiger partial charge in [0.15, 0.2) is 17.2 Å². The first-order valence-electron chi connectivity index (χ1n) is 9.09. The molecule has 4 rings (SSSR count). The van der Waals surface area contributed by atoms with Crippen molar-refractivity contribution in [3.63, 3.8) is 0 Å². The number of hydrogen-bond acceptors (Lipinski definition) is 5. The number of anilines is 1. The van der Waals surface area contributed by atoms with Gasteiger partial charge in [-0.25, -0.2) is 18.7 Å². The number of H-pyrrole nitrogens is 1. The van der Waals surface area contributed by atoms with Gasteiger partial charge < -0.3 is 20.4 Å². The lowest BCUT2D eigenvalue weighted by Crippen LogP contribution is -2.31. The fourth-order valence-electron chi connectivity index (χ4n) is 3.43. The molecule has 1 aliphatic heterocycles. The predicted molar refractivity (Wildman–Crippen MR) is 105 cm³/mol. The molecule has 6 nitrogen and oxygen atoms in total. The highest BCUT2D eigenvalue weighted by Crippen LogP contribution is 2.33. The van der Waals surface area contributed by atoms with Crippen molar-refractivity contribution in [3.05, 3.63) is 35.0 Å². The van der Waals surface area contributed by atoms with Gasteiger partial charge in [-0.05, 0) is 37.9 Å². The van der Waals surface area contributed by atoms with E-state index in [1.165, 1.54) is 13.3 Å². The van der Waals surface area contributed by atoms with Crippen LogP contribution in [0.1, 0.15) is 12.8 Å². The third-order valence-electron chi connectivity index (χ3n) is 5.00. The molecule has 1 saturated heterocycles. The molecular formula is C19H20ClF2N5O. The highest BCUT2D eigenvalue weighted by atomic mass is 35.5. The summed E-state index contributed by atoms with van der Waals surface area (Å²) in [4.78, 5) is 11.6. The SMILES string of the molecule is COc1cc(F)c(-c2nc3ncc(Cl)c(NCC4CCNCC4)c3[nH]2)cc1F. The Morgan fingerprint density at radius 2 is 2.04 bits per heavy atom. The van der Waals surface area contributed by atoms with Crippen molar-refractivity contribution in [3.8, 4) is 17.1 Å². The summed E-state index contributed by atoms with van der Waals surface area (Å²) in [6, 6.07) is 2.05. The third-order valence-corrected chi connectivity index (χ3v) is 5.28. The van der Waals surface area contributed by atoms with E-state index in [0.717, 1.165) is 44.6 Å². The van der Waals surface area contributed by atoms with Crippen LogP contribution in [0.15, 0.2) is 18.3 Å². The van der Waals surface area contributed by atoms with Gasteiger partial charge in [0.1, 0.15) is 17.2 Å². The van der Waals surface area contributed by atoms with Crippen LogP contribution in [0.4, 0.5) is 14.5 Å². The van der Waals surface area contributed by atoms with E-state index in [0.29, 0.717) is 27.8 Å². The molecule has 0 spiro atoms. The number of piperidine rings is 1. The largest absolute Gasteiger partial charge is 0.494 e. The summed E-state index contributed by atoms with van der Waals surface area (Å²) < 4.78 is 33.3. The zero-order chi connectivity index (χ0) is 19.7. The van der Waals surface area contributed by atoms with Gasteiger partial charge in [0.05, 0.1) is 29.6 Å². The lowest BCUT2D eigenvalue weighted by Gasteiger charge is -2.23. The van der Waals surface area contributed by atoms with E-state index in [1.54, 1.807) is 0 Å².